The number of benzene rings is 3. The molecule has 3 aromatic carbocycles. The summed E-state index contributed by atoms with van der Waals surface area (Å²) in [5.41, 5.74) is 3.32. The van der Waals surface area contributed by atoms with Crippen LogP contribution in [0.3, 0.4) is 0 Å². The van der Waals surface area contributed by atoms with E-state index in [4.69, 9.17) is 15.0 Å². The first kappa shape index (κ1) is 30.7. The van der Waals surface area contributed by atoms with Gasteiger partial charge in [0.15, 0.2) is 5.69 Å². The molecule has 1 aliphatic rings. The summed E-state index contributed by atoms with van der Waals surface area (Å²) >= 11 is 1.19. The monoisotopic (exact) mass is 652 g/mol. The topological polar surface area (TPSA) is 117 Å². The Bertz CT molecular complexity index is 2020. The quantitative estimate of drug-likeness (QED) is 0.174. The maximum Gasteiger partial charge on any atom is 0.357 e. The number of nitrogens with two attached hydrogens (primary N) is 1. The molecule has 13 heteroatoms. The highest BCUT2D eigenvalue weighted by Crippen LogP contribution is 2.39. The minimum absolute atomic E-state index is 0.0213. The number of aromatic nitrogens is 3. The van der Waals surface area contributed by atoms with E-state index >= 15 is 8.78 Å². The zero-order chi connectivity index (χ0) is 31.9. The van der Waals surface area contributed by atoms with Crippen molar-refractivity contribution in [1.29, 1.82) is 0 Å². The minimum Gasteiger partial charge on any atom is -0.461 e. The molecule has 0 bridgehead atoms. The van der Waals surface area contributed by atoms with E-state index in [9.17, 15) is 17.6 Å². The van der Waals surface area contributed by atoms with Gasteiger partial charge in [-0.15, -0.1) is 11.3 Å². The summed E-state index contributed by atoms with van der Waals surface area (Å²) in [6.07, 6.45) is 2.59. The highest BCUT2D eigenvalue weighted by atomic mass is 32.2. The van der Waals surface area contributed by atoms with Crippen LogP contribution in [0.1, 0.15) is 47.1 Å². The number of carbonyl (C=O) groups excluding carboxylic acids is 1. The molecule has 2 aromatic heterocycles. The molecular formula is C32H27F3N4O4S2. The molecule has 0 amide bonds. The third-order valence-electron chi connectivity index (χ3n) is 7.54. The summed E-state index contributed by atoms with van der Waals surface area (Å²) in [6, 6.07) is 13.4. The summed E-state index contributed by atoms with van der Waals surface area (Å²) in [7, 11) is -4.12. The first-order valence-corrected chi connectivity index (χ1v) is 16.5. The summed E-state index contributed by atoms with van der Waals surface area (Å²) in [6.45, 7) is 1.88. The Morgan fingerprint density at radius 1 is 1.02 bits per heavy atom. The number of primary sulfonamides is 1. The molecule has 0 unspecified atom stereocenters. The molecule has 0 atom stereocenters. The molecule has 1 saturated carbocycles. The Balaban J connectivity index is 1.53. The number of thiazole rings is 1. The second kappa shape index (κ2) is 12.2. The zero-order valence-electron chi connectivity index (χ0n) is 24.0. The first-order chi connectivity index (χ1) is 21.5. The van der Waals surface area contributed by atoms with Crippen LogP contribution in [0.25, 0.3) is 27.5 Å². The Morgan fingerprint density at radius 3 is 2.42 bits per heavy atom. The number of hydrogen-bond donors (Lipinski definition) is 1. The molecule has 232 valence electrons. The van der Waals surface area contributed by atoms with Crippen LogP contribution in [-0.4, -0.2) is 35.8 Å². The van der Waals surface area contributed by atoms with Gasteiger partial charge in [-0.05, 0) is 85.7 Å². The van der Waals surface area contributed by atoms with Crippen molar-refractivity contribution in [2.45, 2.75) is 37.5 Å². The predicted molar refractivity (Wildman–Crippen MR) is 163 cm³/mol. The van der Waals surface area contributed by atoms with Gasteiger partial charge in [-0.1, -0.05) is 18.2 Å². The average Bonchev–Trinajstić information content (AvgIpc) is 3.56. The van der Waals surface area contributed by atoms with Crippen LogP contribution in [0.5, 0.6) is 0 Å². The number of halogens is 3. The molecule has 0 radical (unpaired) electrons. The molecule has 1 aliphatic carbocycles. The van der Waals surface area contributed by atoms with Crippen LogP contribution >= 0.6 is 11.3 Å². The molecule has 0 aliphatic heterocycles. The third kappa shape index (κ3) is 6.56. The highest BCUT2D eigenvalue weighted by molar-refractivity contribution is 7.89. The maximum atomic E-state index is 15.4. The van der Waals surface area contributed by atoms with E-state index in [1.165, 1.54) is 53.8 Å². The lowest BCUT2D eigenvalue weighted by Gasteiger charge is -2.11. The van der Waals surface area contributed by atoms with Gasteiger partial charge in [0.2, 0.25) is 15.2 Å². The molecular weight excluding hydrogens is 626 g/mol. The van der Waals surface area contributed by atoms with Crippen molar-refractivity contribution in [1.82, 2.24) is 14.8 Å². The van der Waals surface area contributed by atoms with E-state index in [-0.39, 0.29) is 34.7 Å². The fourth-order valence-corrected chi connectivity index (χ4v) is 6.38. The molecule has 1 fully saturated rings. The molecule has 45 heavy (non-hydrogen) atoms. The zero-order valence-corrected chi connectivity index (χ0v) is 25.6. The Labute approximate surface area is 261 Å². The number of carbonyl (C=O) groups is 1. The van der Waals surface area contributed by atoms with E-state index in [2.05, 4.69) is 4.98 Å². The van der Waals surface area contributed by atoms with Crippen LogP contribution in [-0.2, 0) is 27.6 Å². The van der Waals surface area contributed by atoms with Crippen molar-refractivity contribution in [2.24, 2.45) is 11.1 Å². The van der Waals surface area contributed by atoms with E-state index in [0.717, 1.165) is 24.6 Å². The van der Waals surface area contributed by atoms with Gasteiger partial charge in [-0.3, -0.25) is 0 Å². The lowest BCUT2D eigenvalue weighted by Crippen LogP contribution is -2.13. The fourth-order valence-electron chi connectivity index (χ4n) is 5.09. The van der Waals surface area contributed by atoms with Crippen LogP contribution in [0.4, 0.5) is 13.2 Å². The number of ether oxygens (including phenoxy) is 1. The maximum absolute atomic E-state index is 15.4. The van der Waals surface area contributed by atoms with Gasteiger partial charge in [0, 0.05) is 28.5 Å². The van der Waals surface area contributed by atoms with Gasteiger partial charge in [-0.25, -0.2) is 41.2 Å². The largest absolute Gasteiger partial charge is 0.461 e. The number of nitrogens with zero attached hydrogens (tertiary/aromatic N) is 3. The smallest absolute Gasteiger partial charge is 0.357 e. The number of rotatable bonds is 10. The first-order valence-electron chi connectivity index (χ1n) is 14.1. The van der Waals surface area contributed by atoms with Crippen molar-refractivity contribution in [2.75, 3.05) is 6.61 Å². The lowest BCUT2D eigenvalue weighted by molar-refractivity contribution is 0.0520. The van der Waals surface area contributed by atoms with Crippen molar-refractivity contribution < 1.29 is 31.1 Å². The third-order valence-corrected chi connectivity index (χ3v) is 9.27. The SMILES string of the molecule is CCOC(=O)c1csc(-n2nc(-c3ccc(F)c(-c4ccc(F)cc4)c3)c(Cc3ccc(S(N)(=O)=O)cc3F)c2CC2CC2)n1. The number of hydrogen-bond acceptors (Lipinski definition) is 7. The van der Waals surface area contributed by atoms with Gasteiger partial charge < -0.3 is 4.74 Å². The van der Waals surface area contributed by atoms with Gasteiger partial charge in [-0.2, -0.15) is 5.10 Å². The molecule has 6 rings (SSSR count). The van der Waals surface area contributed by atoms with Crippen molar-refractivity contribution in [3.05, 3.63) is 106 Å². The van der Waals surface area contributed by atoms with E-state index in [0.29, 0.717) is 39.9 Å². The highest BCUT2D eigenvalue weighted by Gasteiger charge is 2.30. The van der Waals surface area contributed by atoms with Crippen molar-refractivity contribution >= 4 is 27.3 Å². The van der Waals surface area contributed by atoms with E-state index in [1.807, 2.05) is 0 Å². The van der Waals surface area contributed by atoms with E-state index < -0.39 is 33.4 Å². The summed E-state index contributed by atoms with van der Waals surface area (Å²) < 4.78 is 74.5. The Hall–Kier alpha value is -4.33. The number of esters is 1. The summed E-state index contributed by atoms with van der Waals surface area (Å²) in [5, 5.41) is 12.1. The molecule has 0 spiro atoms. The van der Waals surface area contributed by atoms with Crippen LogP contribution in [0.2, 0.25) is 0 Å². The molecule has 0 saturated heterocycles. The molecule has 2 N–H and O–H groups in total. The average molecular weight is 653 g/mol. The van der Waals surface area contributed by atoms with Gasteiger partial charge in [0.1, 0.15) is 17.5 Å². The second-order valence-electron chi connectivity index (χ2n) is 10.7. The Kier molecular flexibility index (Phi) is 8.33. The van der Waals surface area contributed by atoms with Crippen LogP contribution in [0.15, 0.2) is 70.9 Å². The van der Waals surface area contributed by atoms with Crippen molar-refractivity contribution in [3.8, 4) is 27.5 Å². The summed E-state index contributed by atoms with van der Waals surface area (Å²) in [4.78, 5) is 16.5. The number of sulfonamides is 1. The lowest BCUT2D eigenvalue weighted by atomic mass is 9.94. The van der Waals surface area contributed by atoms with Crippen LogP contribution in [0, 0.1) is 23.4 Å². The minimum atomic E-state index is -4.12. The standard InChI is InChI=1S/C32H27F3N4O4S2/c1-2-43-31(40)28-17-44-32(37-28)39-29(13-18-3-4-18)25(14-20-7-11-23(16-27(20)35)45(36,41)42)30(38-39)21-8-12-26(34)24(15-21)19-5-9-22(33)10-6-19/h5-12,15-18H,2-4,13-14H2,1H3,(H2,36,41,42). The van der Waals surface area contributed by atoms with E-state index in [1.54, 1.807) is 29.1 Å². The molecule has 8 nitrogen and oxygen atoms in total. The molecule has 5 aromatic rings. The van der Waals surface area contributed by atoms with Crippen molar-refractivity contribution in [3.63, 3.8) is 0 Å². The Morgan fingerprint density at radius 2 is 1.76 bits per heavy atom. The predicted octanol–water partition coefficient (Wildman–Crippen LogP) is 6.45. The molecule has 2 heterocycles. The van der Waals surface area contributed by atoms with Gasteiger partial charge in [0.05, 0.1) is 22.9 Å². The second-order valence-corrected chi connectivity index (χ2v) is 13.1. The fraction of sp³-hybridized carbons (Fsp3) is 0.219. The van der Waals surface area contributed by atoms with Gasteiger partial charge in [0.25, 0.3) is 0 Å². The summed E-state index contributed by atoms with van der Waals surface area (Å²) in [5.74, 6) is -1.96. The normalized spacial score (nSPS) is 13.3. The van der Waals surface area contributed by atoms with Gasteiger partial charge >= 0.3 is 5.97 Å². The van der Waals surface area contributed by atoms with Crippen LogP contribution < -0.4 is 5.14 Å².